The summed E-state index contributed by atoms with van der Waals surface area (Å²) < 4.78 is 10.7. The van der Waals surface area contributed by atoms with Crippen LogP contribution in [0.1, 0.15) is 19.8 Å². The van der Waals surface area contributed by atoms with Crippen molar-refractivity contribution >= 4 is 17.6 Å². The minimum atomic E-state index is -0.871. The molecule has 1 N–H and O–H groups in total. The van der Waals surface area contributed by atoms with Crippen molar-refractivity contribution < 1.29 is 24.2 Å². The topological polar surface area (TPSA) is 76.1 Å². The number of methoxy groups -OCH3 is 1. The second-order valence-corrected chi connectivity index (χ2v) is 4.58. The molecule has 0 radical (unpaired) electrons. The Balaban J connectivity index is 2.25. The number of benzene rings is 1. The summed E-state index contributed by atoms with van der Waals surface area (Å²) in [7, 11) is 1.55. The number of carboxylic acids is 1. The number of rotatable bonds is 5. The Bertz CT molecular complexity index is 528. The van der Waals surface area contributed by atoms with Gasteiger partial charge in [-0.3, -0.25) is 9.59 Å². The third-order valence-electron chi connectivity index (χ3n) is 3.15. The lowest BCUT2D eigenvalue weighted by Gasteiger charge is -2.33. The predicted molar refractivity (Wildman–Crippen MR) is 72.3 cm³/mol. The Labute approximate surface area is 116 Å². The van der Waals surface area contributed by atoms with Crippen molar-refractivity contribution in [1.29, 1.82) is 0 Å². The molecule has 1 aromatic rings. The molecule has 1 aliphatic heterocycles. The van der Waals surface area contributed by atoms with Gasteiger partial charge in [-0.1, -0.05) is 0 Å². The van der Waals surface area contributed by atoms with Gasteiger partial charge >= 0.3 is 5.97 Å². The normalized spacial score (nSPS) is 17.4. The minimum absolute atomic E-state index is 0.0261. The molecular formula is C14H17NO5. The van der Waals surface area contributed by atoms with Crippen LogP contribution in [0.4, 0.5) is 5.69 Å². The number of amides is 1. The zero-order valence-electron chi connectivity index (χ0n) is 11.5. The Morgan fingerprint density at radius 1 is 1.50 bits per heavy atom. The van der Waals surface area contributed by atoms with Gasteiger partial charge in [0.05, 0.1) is 12.8 Å². The van der Waals surface area contributed by atoms with Gasteiger partial charge in [0, 0.05) is 19.0 Å². The molecule has 20 heavy (non-hydrogen) atoms. The summed E-state index contributed by atoms with van der Waals surface area (Å²) in [6.07, 6.45) is -0.149. The van der Waals surface area contributed by atoms with E-state index in [1.165, 1.54) is 0 Å². The highest BCUT2D eigenvalue weighted by atomic mass is 16.5. The van der Waals surface area contributed by atoms with Crippen molar-refractivity contribution in [2.75, 3.05) is 18.6 Å². The number of carboxylic acid groups (broad SMARTS) is 1. The predicted octanol–water partition coefficient (Wildman–Crippen LogP) is 1.67. The Hall–Kier alpha value is -2.24. The van der Waals surface area contributed by atoms with E-state index in [4.69, 9.17) is 14.6 Å². The highest BCUT2D eigenvalue weighted by molar-refractivity contribution is 6.00. The second-order valence-electron chi connectivity index (χ2n) is 4.58. The van der Waals surface area contributed by atoms with Gasteiger partial charge in [0.25, 0.3) is 5.91 Å². The third-order valence-corrected chi connectivity index (χ3v) is 3.15. The Morgan fingerprint density at radius 3 is 2.90 bits per heavy atom. The van der Waals surface area contributed by atoms with E-state index in [0.717, 1.165) is 0 Å². The average molecular weight is 279 g/mol. The summed E-state index contributed by atoms with van der Waals surface area (Å²) in [6, 6.07) is 5.23. The maximum atomic E-state index is 12.2. The third kappa shape index (κ3) is 2.84. The zero-order valence-corrected chi connectivity index (χ0v) is 11.5. The molecule has 0 fully saturated rings. The van der Waals surface area contributed by atoms with Gasteiger partial charge in [-0.2, -0.15) is 0 Å². The van der Waals surface area contributed by atoms with E-state index in [0.29, 0.717) is 30.2 Å². The second kappa shape index (κ2) is 5.81. The zero-order chi connectivity index (χ0) is 14.7. The van der Waals surface area contributed by atoms with Gasteiger partial charge in [0.15, 0.2) is 6.10 Å². The minimum Gasteiger partial charge on any atom is -0.497 e. The fourth-order valence-electron chi connectivity index (χ4n) is 2.13. The first-order chi connectivity index (χ1) is 9.52. The lowest BCUT2D eigenvalue weighted by molar-refractivity contribution is -0.137. The molecule has 1 amide bonds. The van der Waals surface area contributed by atoms with E-state index in [1.807, 2.05) is 0 Å². The van der Waals surface area contributed by atoms with E-state index >= 15 is 0 Å². The first-order valence-electron chi connectivity index (χ1n) is 6.41. The molecule has 1 unspecified atom stereocenters. The lowest BCUT2D eigenvalue weighted by Crippen LogP contribution is -2.45. The molecule has 0 saturated carbocycles. The van der Waals surface area contributed by atoms with Gasteiger partial charge in [0.1, 0.15) is 11.5 Å². The van der Waals surface area contributed by atoms with Crippen molar-refractivity contribution in [1.82, 2.24) is 0 Å². The van der Waals surface area contributed by atoms with Crippen LogP contribution in [0, 0.1) is 0 Å². The summed E-state index contributed by atoms with van der Waals surface area (Å²) in [6.45, 7) is 2.03. The molecule has 0 bridgehead atoms. The number of carbonyl (C=O) groups is 2. The fraction of sp³-hybridized carbons (Fsp3) is 0.429. The largest absolute Gasteiger partial charge is 0.497 e. The van der Waals surface area contributed by atoms with Crippen LogP contribution in [0.2, 0.25) is 0 Å². The van der Waals surface area contributed by atoms with Crippen LogP contribution in [-0.2, 0) is 9.59 Å². The van der Waals surface area contributed by atoms with Crippen molar-refractivity contribution in [3.05, 3.63) is 18.2 Å². The number of anilines is 1. The van der Waals surface area contributed by atoms with Crippen molar-refractivity contribution in [3.63, 3.8) is 0 Å². The van der Waals surface area contributed by atoms with Crippen molar-refractivity contribution in [2.45, 2.75) is 25.9 Å². The molecule has 1 heterocycles. The first kappa shape index (κ1) is 14.2. The smallest absolute Gasteiger partial charge is 0.303 e. The maximum absolute atomic E-state index is 12.2. The van der Waals surface area contributed by atoms with Crippen LogP contribution in [0.5, 0.6) is 11.5 Å². The SMILES string of the molecule is COc1ccc2c(c1)N(CCCC(=O)O)C(=O)C(C)O2. The molecule has 0 spiro atoms. The summed E-state index contributed by atoms with van der Waals surface area (Å²) >= 11 is 0. The number of ether oxygens (including phenoxy) is 2. The van der Waals surface area contributed by atoms with Crippen molar-refractivity contribution in [2.24, 2.45) is 0 Å². The van der Waals surface area contributed by atoms with Crippen LogP contribution in [-0.4, -0.2) is 36.7 Å². The average Bonchev–Trinajstić information content (AvgIpc) is 2.42. The summed E-state index contributed by atoms with van der Waals surface area (Å²) in [5, 5.41) is 8.69. The molecule has 1 aromatic carbocycles. The summed E-state index contributed by atoms with van der Waals surface area (Å²) in [4.78, 5) is 24.3. The standard InChI is InChI=1S/C14H17NO5/c1-9-14(18)15(7-3-4-13(16)17)11-8-10(19-2)5-6-12(11)20-9/h5-6,8-9H,3-4,7H2,1-2H3,(H,16,17). The highest BCUT2D eigenvalue weighted by Gasteiger charge is 2.31. The first-order valence-corrected chi connectivity index (χ1v) is 6.41. The van der Waals surface area contributed by atoms with Gasteiger partial charge in [-0.05, 0) is 25.5 Å². The van der Waals surface area contributed by atoms with Crippen LogP contribution in [0.25, 0.3) is 0 Å². The number of hydrogen-bond donors (Lipinski definition) is 1. The molecular weight excluding hydrogens is 262 g/mol. The molecule has 1 aliphatic rings. The van der Waals surface area contributed by atoms with Gasteiger partial charge in [0.2, 0.25) is 0 Å². The highest BCUT2D eigenvalue weighted by Crippen LogP contribution is 2.37. The van der Waals surface area contributed by atoms with Gasteiger partial charge in [-0.25, -0.2) is 0 Å². The molecule has 1 atom stereocenters. The molecule has 6 heteroatoms. The Morgan fingerprint density at radius 2 is 2.25 bits per heavy atom. The molecule has 0 aromatic heterocycles. The van der Waals surface area contributed by atoms with Gasteiger partial charge < -0.3 is 19.5 Å². The van der Waals surface area contributed by atoms with E-state index in [1.54, 1.807) is 37.1 Å². The summed E-state index contributed by atoms with van der Waals surface area (Å²) in [5.41, 5.74) is 0.623. The van der Waals surface area contributed by atoms with Crippen LogP contribution < -0.4 is 14.4 Å². The number of aliphatic carboxylic acids is 1. The molecule has 108 valence electrons. The van der Waals surface area contributed by atoms with Crippen LogP contribution in [0.3, 0.4) is 0 Å². The van der Waals surface area contributed by atoms with E-state index < -0.39 is 12.1 Å². The van der Waals surface area contributed by atoms with Crippen molar-refractivity contribution in [3.8, 4) is 11.5 Å². The summed E-state index contributed by atoms with van der Waals surface area (Å²) in [5.74, 6) is 0.187. The van der Waals surface area contributed by atoms with Crippen LogP contribution in [0.15, 0.2) is 18.2 Å². The number of hydrogen-bond acceptors (Lipinski definition) is 4. The molecule has 0 saturated heterocycles. The molecule has 6 nitrogen and oxygen atoms in total. The quantitative estimate of drug-likeness (QED) is 0.887. The van der Waals surface area contributed by atoms with Crippen LogP contribution >= 0.6 is 0 Å². The van der Waals surface area contributed by atoms with E-state index in [9.17, 15) is 9.59 Å². The number of fused-ring (bicyclic) bond motifs is 1. The monoisotopic (exact) mass is 279 g/mol. The molecule has 0 aliphatic carbocycles. The van der Waals surface area contributed by atoms with E-state index in [-0.39, 0.29) is 12.3 Å². The molecule has 2 rings (SSSR count). The van der Waals surface area contributed by atoms with E-state index in [2.05, 4.69) is 0 Å². The fourth-order valence-corrected chi connectivity index (χ4v) is 2.13. The lowest BCUT2D eigenvalue weighted by atomic mass is 10.1. The number of carbonyl (C=O) groups excluding carboxylic acids is 1. The van der Waals surface area contributed by atoms with Gasteiger partial charge in [-0.15, -0.1) is 0 Å². The number of nitrogens with zero attached hydrogens (tertiary/aromatic N) is 1. The Kier molecular flexibility index (Phi) is 4.12. The maximum Gasteiger partial charge on any atom is 0.303 e.